The fraction of sp³-hybridized carbons (Fsp3) is 0.803. The highest BCUT2D eigenvalue weighted by atomic mass is 16.6. The smallest absolute Gasteiger partial charge is 0.306 e. The lowest BCUT2D eigenvalue weighted by molar-refractivity contribution is -0.167. The minimum absolute atomic E-state index is 0.0727. The van der Waals surface area contributed by atoms with Gasteiger partial charge in [0.05, 0.1) is 0 Å². The summed E-state index contributed by atoms with van der Waals surface area (Å²) in [7, 11) is 0. The van der Waals surface area contributed by atoms with Crippen LogP contribution in [0.5, 0.6) is 0 Å². The van der Waals surface area contributed by atoms with E-state index in [1.54, 1.807) is 0 Å². The van der Waals surface area contributed by atoms with Crippen LogP contribution >= 0.6 is 0 Å². The van der Waals surface area contributed by atoms with Gasteiger partial charge in [-0.3, -0.25) is 14.4 Å². The molecule has 0 aromatic carbocycles. The van der Waals surface area contributed by atoms with Gasteiger partial charge in [-0.2, -0.15) is 0 Å². The third-order valence-electron chi connectivity index (χ3n) is 15.9. The number of carbonyl (C=O) groups excluding carboxylic acids is 3. The van der Waals surface area contributed by atoms with E-state index in [-0.39, 0.29) is 31.1 Å². The maximum absolute atomic E-state index is 12.9. The molecule has 0 aliphatic heterocycles. The Labute approximate surface area is 510 Å². The fourth-order valence-corrected chi connectivity index (χ4v) is 10.6. The number of hydrogen-bond acceptors (Lipinski definition) is 6. The first-order chi connectivity index (χ1) is 40.5. The van der Waals surface area contributed by atoms with Gasteiger partial charge in [0.1, 0.15) is 13.2 Å². The molecule has 82 heavy (non-hydrogen) atoms. The number of unbranched alkanes of at least 4 members (excludes halogenated alkanes) is 43. The minimum atomic E-state index is -0.776. The van der Waals surface area contributed by atoms with Crippen molar-refractivity contribution in [3.63, 3.8) is 0 Å². The average Bonchev–Trinajstić information content (AvgIpc) is 3.47. The van der Waals surface area contributed by atoms with E-state index >= 15 is 0 Å². The third-order valence-corrected chi connectivity index (χ3v) is 15.9. The molecule has 0 N–H and O–H groups in total. The number of ether oxygens (including phenoxy) is 3. The SMILES string of the molecule is CC/C=C\C/C=C\C/C=C\C/C=C\C/C=C\CCCCCCCCCCCCCCCCCC(=O)OCC(COC(=O)CCCCCCC/C=C\CCCCCC)OC(=O)CCCCCCCCCCCCCCCCCCCCCC. The predicted octanol–water partition coefficient (Wildman–Crippen LogP) is 24.8. The molecule has 0 aromatic heterocycles. The molecule has 6 nitrogen and oxygen atoms in total. The quantitative estimate of drug-likeness (QED) is 0.0261. The molecule has 476 valence electrons. The lowest BCUT2D eigenvalue weighted by atomic mass is 10.0. The molecule has 6 heteroatoms. The molecule has 0 saturated heterocycles. The summed E-state index contributed by atoms with van der Waals surface area (Å²) in [4.78, 5) is 38.4. The van der Waals surface area contributed by atoms with Gasteiger partial charge in [0.25, 0.3) is 0 Å². The van der Waals surface area contributed by atoms with Crippen LogP contribution in [-0.2, 0) is 28.6 Å². The van der Waals surface area contributed by atoms with Crippen LogP contribution in [0, 0.1) is 0 Å². The second kappa shape index (κ2) is 70.3. The van der Waals surface area contributed by atoms with E-state index in [9.17, 15) is 14.4 Å². The Bertz CT molecular complexity index is 1500. The van der Waals surface area contributed by atoms with Crippen LogP contribution in [0.3, 0.4) is 0 Å². The number of carbonyl (C=O) groups is 3. The van der Waals surface area contributed by atoms with Crippen LogP contribution in [0.4, 0.5) is 0 Å². The topological polar surface area (TPSA) is 78.9 Å². The number of esters is 3. The highest BCUT2D eigenvalue weighted by molar-refractivity contribution is 5.71. The Morgan fingerprint density at radius 3 is 0.768 bits per heavy atom. The summed E-state index contributed by atoms with van der Waals surface area (Å²) in [6.45, 7) is 6.57. The summed E-state index contributed by atoms with van der Waals surface area (Å²) in [6, 6.07) is 0. The molecule has 0 amide bonds. The van der Waals surface area contributed by atoms with E-state index < -0.39 is 6.10 Å². The Balaban J connectivity index is 4.20. The molecule has 0 aliphatic rings. The zero-order valence-corrected chi connectivity index (χ0v) is 54.8. The molecule has 0 fully saturated rings. The van der Waals surface area contributed by atoms with Gasteiger partial charge in [-0.15, -0.1) is 0 Å². The first-order valence-electron chi connectivity index (χ1n) is 35.9. The maximum Gasteiger partial charge on any atom is 0.306 e. The molecule has 0 rings (SSSR count). The average molecular weight is 1150 g/mol. The first kappa shape index (κ1) is 78.8. The predicted molar refractivity (Wildman–Crippen MR) is 358 cm³/mol. The van der Waals surface area contributed by atoms with Crippen LogP contribution in [0.15, 0.2) is 72.9 Å². The van der Waals surface area contributed by atoms with Crippen molar-refractivity contribution in [2.45, 2.75) is 380 Å². The Morgan fingerprint density at radius 2 is 0.476 bits per heavy atom. The Kier molecular flexibility index (Phi) is 67.6. The molecule has 0 heterocycles. The van der Waals surface area contributed by atoms with Crippen molar-refractivity contribution in [1.29, 1.82) is 0 Å². The van der Waals surface area contributed by atoms with Gasteiger partial charge in [0.15, 0.2) is 6.10 Å². The number of allylic oxidation sites excluding steroid dienone is 12. The maximum atomic E-state index is 12.9. The Hall–Kier alpha value is -3.15. The van der Waals surface area contributed by atoms with Gasteiger partial charge in [-0.1, -0.05) is 338 Å². The number of rotatable bonds is 66. The van der Waals surface area contributed by atoms with Crippen molar-refractivity contribution in [1.82, 2.24) is 0 Å². The normalized spacial score (nSPS) is 12.5. The zero-order valence-electron chi connectivity index (χ0n) is 54.8. The van der Waals surface area contributed by atoms with Crippen molar-refractivity contribution >= 4 is 17.9 Å². The van der Waals surface area contributed by atoms with E-state index in [1.165, 1.54) is 238 Å². The van der Waals surface area contributed by atoms with Gasteiger partial charge in [-0.25, -0.2) is 0 Å². The second-order valence-electron chi connectivity index (χ2n) is 24.1. The Morgan fingerprint density at radius 1 is 0.256 bits per heavy atom. The van der Waals surface area contributed by atoms with Crippen LogP contribution in [0.1, 0.15) is 374 Å². The van der Waals surface area contributed by atoms with E-state index in [0.29, 0.717) is 19.3 Å². The second-order valence-corrected chi connectivity index (χ2v) is 24.1. The summed E-state index contributed by atoms with van der Waals surface area (Å²) in [5, 5.41) is 0. The minimum Gasteiger partial charge on any atom is -0.462 e. The fourth-order valence-electron chi connectivity index (χ4n) is 10.6. The highest BCUT2D eigenvalue weighted by Crippen LogP contribution is 2.18. The van der Waals surface area contributed by atoms with Gasteiger partial charge >= 0.3 is 17.9 Å². The van der Waals surface area contributed by atoms with Gasteiger partial charge < -0.3 is 14.2 Å². The van der Waals surface area contributed by atoms with Crippen molar-refractivity contribution in [2.24, 2.45) is 0 Å². The molecule has 0 spiro atoms. The van der Waals surface area contributed by atoms with Gasteiger partial charge in [-0.05, 0) is 89.9 Å². The van der Waals surface area contributed by atoms with Crippen molar-refractivity contribution in [2.75, 3.05) is 13.2 Å². The summed E-state index contributed by atoms with van der Waals surface area (Å²) in [5.74, 6) is -0.857. The van der Waals surface area contributed by atoms with Gasteiger partial charge in [0, 0.05) is 19.3 Å². The van der Waals surface area contributed by atoms with Crippen molar-refractivity contribution in [3.05, 3.63) is 72.9 Å². The van der Waals surface area contributed by atoms with E-state index in [0.717, 1.165) is 96.3 Å². The van der Waals surface area contributed by atoms with E-state index in [1.807, 2.05) is 0 Å². The van der Waals surface area contributed by atoms with Crippen LogP contribution < -0.4 is 0 Å². The highest BCUT2D eigenvalue weighted by Gasteiger charge is 2.19. The molecule has 0 aromatic rings. The molecule has 1 unspecified atom stereocenters. The van der Waals surface area contributed by atoms with Crippen molar-refractivity contribution < 1.29 is 28.6 Å². The molecule has 0 radical (unpaired) electrons. The lowest BCUT2D eigenvalue weighted by Crippen LogP contribution is -2.30. The van der Waals surface area contributed by atoms with E-state index in [2.05, 4.69) is 93.7 Å². The van der Waals surface area contributed by atoms with Crippen LogP contribution in [0.25, 0.3) is 0 Å². The first-order valence-corrected chi connectivity index (χ1v) is 35.9. The zero-order chi connectivity index (χ0) is 59.2. The summed E-state index contributed by atoms with van der Waals surface area (Å²) in [5.41, 5.74) is 0. The summed E-state index contributed by atoms with van der Waals surface area (Å²) < 4.78 is 17.0. The standard InChI is InChI=1S/C76H136O6/c1-4-7-10-13-16-19-22-25-27-29-31-33-34-35-36-37-38-39-40-41-42-43-45-46-48-51-54-57-60-63-66-69-75(78)81-72-73(71-80-74(77)68-65-62-59-56-53-50-24-21-18-15-12-9-6-3)82-76(79)70-67-64-61-58-55-52-49-47-44-32-30-28-26-23-20-17-14-11-8-5-2/h7,10,16,19,21,24-25,27,31,33,35-36,73H,4-6,8-9,11-15,17-18,20,22-23,26,28-30,32,34,37-72H2,1-3H3/b10-7-,19-16-,24-21-,27-25-,33-31-,36-35-. The summed E-state index contributed by atoms with van der Waals surface area (Å²) in [6.07, 6.45) is 92.2. The lowest BCUT2D eigenvalue weighted by Gasteiger charge is -2.18. The monoisotopic (exact) mass is 1150 g/mol. The van der Waals surface area contributed by atoms with Crippen LogP contribution in [0.2, 0.25) is 0 Å². The third kappa shape index (κ3) is 67.6. The molecular formula is C76H136O6. The van der Waals surface area contributed by atoms with Crippen molar-refractivity contribution in [3.8, 4) is 0 Å². The molecular weight excluding hydrogens is 1010 g/mol. The summed E-state index contributed by atoms with van der Waals surface area (Å²) >= 11 is 0. The number of hydrogen-bond donors (Lipinski definition) is 0. The molecule has 0 saturated carbocycles. The van der Waals surface area contributed by atoms with E-state index in [4.69, 9.17) is 14.2 Å². The largest absolute Gasteiger partial charge is 0.462 e. The van der Waals surface area contributed by atoms with Gasteiger partial charge in [0.2, 0.25) is 0 Å². The molecule has 0 aliphatic carbocycles. The molecule has 1 atom stereocenters. The molecule has 0 bridgehead atoms. The van der Waals surface area contributed by atoms with Crippen LogP contribution in [-0.4, -0.2) is 37.2 Å².